The third kappa shape index (κ3) is 6.18. The van der Waals surface area contributed by atoms with Gasteiger partial charge in [-0.1, -0.05) is 36.4 Å². The second-order valence-electron chi connectivity index (χ2n) is 11.4. The van der Waals surface area contributed by atoms with Crippen molar-refractivity contribution in [1.82, 2.24) is 34.3 Å². The number of aryl methyl sites for hydroxylation is 3. The maximum atomic E-state index is 13.5. The minimum Gasteiger partial charge on any atom is -0.472 e. The van der Waals surface area contributed by atoms with Crippen LogP contribution in [0.1, 0.15) is 60.4 Å². The highest BCUT2D eigenvalue weighted by Gasteiger charge is 2.36. The Labute approximate surface area is 269 Å². The van der Waals surface area contributed by atoms with Gasteiger partial charge >= 0.3 is 0 Å². The topological polar surface area (TPSA) is 151 Å². The molecule has 0 fully saturated rings. The Morgan fingerprint density at radius 1 is 1.07 bits per heavy atom. The smallest absolute Gasteiger partial charge is 0.239 e. The first-order chi connectivity index (χ1) is 22.2. The summed E-state index contributed by atoms with van der Waals surface area (Å²) < 4.78 is 32.8. The van der Waals surface area contributed by atoms with Gasteiger partial charge in [-0.25, -0.2) is 19.6 Å². The third-order valence-corrected chi connectivity index (χ3v) is 10.4. The van der Waals surface area contributed by atoms with Gasteiger partial charge in [-0.2, -0.15) is 4.31 Å². The number of nitrogens with one attached hydrogen (secondary N) is 1. The molecular weight excluding hydrogens is 604 g/mol. The number of carbonyl (C=O) groups is 1. The van der Waals surface area contributed by atoms with Gasteiger partial charge in [0.25, 0.3) is 0 Å². The lowest BCUT2D eigenvalue weighted by molar-refractivity contribution is -0.116. The molecule has 1 amide bonds. The molecule has 5 aromatic rings. The van der Waals surface area contributed by atoms with Crippen LogP contribution in [0.5, 0.6) is 5.88 Å². The Bertz CT molecular complexity index is 1870. The van der Waals surface area contributed by atoms with Crippen molar-refractivity contribution in [2.45, 2.75) is 70.5 Å². The van der Waals surface area contributed by atoms with Crippen molar-refractivity contribution >= 4 is 33.7 Å². The summed E-state index contributed by atoms with van der Waals surface area (Å²) in [7, 11) is -3.40. The first kappa shape index (κ1) is 31.5. The zero-order valence-corrected chi connectivity index (χ0v) is 27.1. The lowest BCUT2D eigenvalue weighted by Gasteiger charge is -2.41. The highest BCUT2D eigenvalue weighted by molar-refractivity contribution is 8.22. The van der Waals surface area contributed by atoms with Crippen molar-refractivity contribution in [3.8, 4) is 5.88 Å². The van der Waals surface area contributed by atoms with Gasteiger partial charge in [0.2, 0.25) is 17.7 Å². The number of ether oxygens (including phenoxy) is 1. The standard InChI is InChI=1S/C33H38N8O4S/c1-5-25-20-40(46(43,44)29-9-7-14-34-32(29)45-25)19-24-17-23(11-10-21(24)3)27(18-30(42)37-33-35-15-8-16-36-33)26-12-13-28-31(22(26)4)38-39-41(28)6-2/h7-17,25,27,43-44H,5-6,18-20H2,1-4H3,(H,35,36,37,42)/t25-,27+/m1/s1. The molecular formula is C33H38N8O4S. The number of hydrogen-bond donors (Lipinski definition) is 3. The Morgan fingerprint density at radius 2 is 1.85 bits per heavy atom. The number of carbonyl (C=O) groups excluding carboxylic acids is 1. The van der Waals surface area contributed by atoms with E-state index in [1.54, 1.807) is 41.1 Å². The molecule has 12 nitrogen and oxygen atoms in total. The fraction of sp³-hybridized carbons (Fsp3) is 0.333. The number of nitrogens with zero attached hydrogens (tertiary/aromatic N) is 7. The average molecular weight is 643 g/mol. The Balaban J connectivity index is 1.39. The minimum atomic E-state index is -3.40. The number of benzene rings is 2. The highest BCUT2D eigenvalue weighted by atomic mass is 32.3. The van der Waals surface area contributed by atoms with E-state index in [9.17, 15) is 13.9 Å². The van der Waals surface area contributed by atoms with E-state index in [0.717, 1.165) is 38.9 Å². The van der Waals surface area contributed by atoms with Crippen LogP contribution in [0.15, 0.2) is 72.0 Å². The summed E-state index contributed by atoms with van der Waals surface area (Å²) in [5, 5.41) is 11.6. The third-order valence-electron chi connectivity index (χ3n) is 8.52. The lowest BCUT2D eigenvalue weighted by atomic mass is 9.84. The lowest BCUT2D eigenvalue weighted by Crippen LogP contribution is -2.34. The van der Waals surface area contributed by atoms with Gasteiger partial charge in [0, 0.05) is 44.0 Å². The van der Waals surface area contributed by atoms with E-state index in [-0.39, 0.29) is 47.6 Å². The molecule has 13 heteroatoms. The molecule has 4 heterocycles. The Hall–Kier alpha value is -4.43. The average Bonchev–Trinajstić information content (AvgIpc) is 3.45. The van der Waals surface area contributed by atoms with Crippen molar-refractivity contribution in [3.05, 3.63) is 94.9 Å². The summed E-state index contributed by atoms with van der Waals surface area (Å²) in [6.45, 7) is 9.30. The second-order valence-corrected chi connectivity index (χ2v) is 13.4. The molecule has 0 spiro atoms. The van der Waals surface area contributed by atoms with Crippen molar-refractivity contribution in [2.75, 3.05) is 11.9 Å². The number of pyridine rings is 1. The van der Waals surface area contributed by atoms with Crippen molar-refractivity contribution in [3.63, 3.8) is 0 Å². The Kier molecular flexibility index (Phi) is 9.00. The SMILES string of the molecule is CC[C@@H]1CN(Cc2cc([C@H](CC(=O)Nc3ncccn3)c3ccc4c(nnn4CC)c3C)ccc2C)S(O)(O)c2cccnc2O1. The van der Waals surface area contributed by atoms with Crippen LogP contribution in [-0.4, -0.2) is 61.9 Å². The fourth-order valence-corrected chi connectivity index (χ4v) is 7.47. The monoisotopic (exact) mass is 642 g/mol. The molecule has 2 aromatic carbocycles. The van der Waals surface area contributed by atoms with Crippen LogP contribution >= 0.6 is 10.8 Å². The number of aromatic nitrogens is 6. The Morgan fingerprint density at radius 3 is 2.61 bits per heavy atom. The highest BCUT2D eigenvalue weighted by Crippen LogP contribution is 2.57. The minimum absolute atomic E-state index is 0.124. The molecule has 0 saturated heterocycles. The zero-order valence-electron chi connectivity index (χ0n) is 26.3. The van der Waals surface area contributed by atoms with Gasteiger partial charge in [-0.3, -0.25) is 19.2 Å². The molecule has 6 rings (SSSR count). The molecule has 0 aliphatic carbocycles. The molecule has 0 saturated carbocycles. The molecule has 3 N–H and O–H groups in total. The summed E-state index contributed by atoms with van der Waals surface area (Å²) >= 11 is 0. The molecule has 0 bridgehead atoms. The summed E-state index contributed by atoms with van der Waals surface area (Å²) in [6.07, 6.45) is 5.28. The molecule has 1 aliphatic rings. The number of hydrogen-bond acceptors (Lipinski definition) is 10. The number of rotatable bonds is 9. The van der Waals surface area contributed by atoms with E-state index in [1.807, 2.05) is 56.6 Å². The van der Waals surface area contributed by atoms with Gasteiger partial charge in [0.05, 0.1) is 12.1 Å². The molecule has 1 aliphatic heterocycles. The van der Waals surface area contributed by atoms with Gasteiger partial charge in [-0.05, 0) is 79.3 Å². The molecule has 2 atom stereocenters. The summed E-state index contributed by atoms with van der Waals surface area (Å²) in [5.41, 5.74) is 6.43. The molecule has 3 aromatic heterocycles. The van der Waals surface area contributed by atoms with Gasteiger partial charge in [-0.15, -0.1) is 15.9 Å². The quantitative estimate of drug-likeness (QED) is 0.172. The number of anilines is 1. The first-order valence-electron chi connectivity index (χ1n) is 15.3. The largest absolute Gasteiger partial charge is 0.472 e. The second kappa shape index (κ2) is 13.1. The van der Waals surface area contributed by atoms with Gasteiger partial charge in [0.1, 0.15) is 16.5 Å². The predicted octanol–water partition coefficient (Wildman–Crippen LogP) is 6.11. The fourth-order valence-electron chi connectivity index (χ4n) is 5.90. The molecule has 46 heavy (non-hydrogen) atoms. The maximum Gasteiger partial charge on any atom is 0.239 e. The summed E-state index contributed by atoms with van der Waals surface area (Å²) in [6, 6.07) is 15.2. The van der Waals surface area contributed by atoms with E-state index in [0.29, 0.717) is 19.5 Å². The summed E-state index contributed by atoms with van der Waals surface area (Å²) in [4.78, 5) is 26.3. The van der Waals surface area contributed by atoms with E-state index in [1.165, 1.54) is 0 Å². The van der Waals surface area contributed by atoms with Crippen LogP contribution in [0.2, 0.25) is 0 Å². The summed E-state index contributed by atoms with van der Waals surface area (Å²) in [5.74, 6) is -0.0893. The van der Waals surface area contributed by atoms with Crippen LogP contribution < -0.4 is 10.1 Å². The van der Waals surface area contributed by atoms with Crippen LogP contribution in [0, 0.1) is 13.8 Å². The van der Waals surface area contributed by atoms with Gasteiger partial charge < -0.3 is 4.74 Å². The van der Waals surface area contributed by atoms with Gasteiger partial charge in [0.15, 0.2) is 0 Å². The number of amides is 1. The van der Waals surface area contributed by atoms with Crippen LogP contribution in [0.4, 0.5) is 5.95 Å². The zero-order chi connectivity index (χ0) is 32.4. The van der Waals surface area contributed by atoms with E-state index in [2.05, 4.69) is 36.6 Å². The number of fused-ring (bicyclic) bond motifs is 2. The van der Waals surface area contributed by atoms with E-state index in [4.69, 9.17) is 4.74 Å². The van der Waals surface area contributed by atoms with E-state index < -0.39 is 10.8 Å². The van der Waals surface area contributed by atoms with Crippen LogP contribution in [0.25, 0.3) is 11.0 Å². The molecule has 0 radical (unpaired) electrons. The normalized spacial score (nSPS) is 17.5. The first-order valence-corrected chi connectivity index (χ1v) is 16.8. The molecule has 240 valence electrons. The van der Waals surface area contributed by atoms with E-state index >= 15 is 0 Å². The molecule has 0 unspecified atom stereocenters. The van der Waals surface area contributed by atoms with Crippen molar-refractivity contribution in [2.24, 2.45) is 0 Å². The van der Waals surface area contributed by atoms with Crippen molar-refractivity contribution < 1.29 is 18.6 Å². The predicted molar refractivity (Wildman–Crippen MR) is 177 cm³/mol. The van der Waals surface area contributed by atoms with Crippen molar-refractivity contribution in [1.29, 1.82) is 0 Å². The maximum absolute atomic E-state index is 13.5. The van der Waals surface area contributed by atoms with Crippen LogP contribution in [0.3, 0.4) is 0 Å². The van der Waals surface area contributed by atoms with Crippen LogP contribution in [-0.2, 0) is 17.9 Å².